The lowest BCUT2D eigenvalue weighted by molar-refractivity contribution is 0.0368. The van der Waals surface area contributed by atoms with Gasteiger partial charge >= 0.3 is 0 Å². The minimum atomic E-state index is -0.168. The van der Waals surface area contributed by atoms with E-state index in [0.717, 1.165) is 59.9 Å². The van der Waals surface area contributed by atoms with E-state index in [4.69, 9.17) is 4.74 Å². The van der Waals surface area contributed by atoms with Crippen LogP contribution in [0, 0.1) is 23.7 Å². The molecule has 0 aromatic carbocycles. The van der Waals surface area contributed by atoms with Crippen LogP contribution in [0.1, 0.15) is 30.6 Å². The van der Waals surface area contributed by atoms with Gasteiger partial charge in [0, 0.05) is 23.5 Å². The van der Waals surface area contributed by atoms with Gasteiger partial charge < -0.3 is 4.74 Å². The maximum atomic E-state index is 9.47. The average molecular weight is 333 g/mol. The summed E-state index contributed by atoms with van der Waals surface area (Å²) in [5.74, 6) is 0.991. The van der Waals surface area contributed by atoms with Crippen LogP contribution < -0.4 is 0 Å². The second kappa shape index (κ2) is 6.95. The first-order valence-electron chi connectivity index (χ1n) is 7.55. The summed E-state index contributed by atoms with van der Waals surface area (Å²) in [6.07, 6.45) is 5.38. The Balaban J connectivity index is 1.57. The van der Waals surface area contributed by atoms with Crippen LogP contribution in [0.15, 0.2) is 17.4 Å². The van der Waals surface area contributed by atoms with Crippen LogP contribution in [0.25, 0.3) is 10.2 Å². The van der Waals surface area contributed by atoms with E-state index in [9.17, 15) is 5.26 Å². The highest BCUT2D eigenvalue weighted by Gasteiger charge is 2.31. The predicted octanol–water partition coefficient (Wildman–Crippen LogP) is 4.19. The van der Waals surface area contributed by atoms with Crippen LogP contribution in [0.2, 0.25) is 0 Å². The van der Waals surface area contributed by atoms with Gasteiger partial charge in [0.1, 0.15) is 16.2 Å². The summed E-state index contributed by atoms with van der Waals surface area (Å²) in [7, 11) is 0. The molecule has 1 aliphatic heterocycles. The van der Waals surface area contributed by atoms with Crippen LogP contribution in [-0.2, 0) is 4.74 Å². The van der Waals surface area contributed by atoms with Gasteiger partial charge in [-0.05, 0) is 44.4 Å². The van der Waals surface area contributed by atoms with E-state index in [1.165, 1.54) is 4.88 Å². The van der Waals surface area contributed by atoms with Crippen LogP contribution in [0.3, 0.4) is 0 Å². The summed E-state index contributed by atoms with van der Waals surface area (Å²) < 4.78 is 5.38. The molecule has 22 heavy (non-hydrogen) atoms. The molecule has 0 bridgehead atoms. The van der Waals surface area contributed by atoms with Gasteiger partial charge in [0.2, 0.25) is 0 Å². The molecule has 1 aliphatic rings. The number of hydrogen-bond acceptors (Lipinski definition) is 6. The molecule has 0 unspecified atom stereocenters. The van der Waals surface area contributed by atoms with Crippen LogP contribution >= 0.6 is 23.1 Å². The second-order valence-electron chi connectivity index (χ2n) is 5.71. The van der Waals surface area contributed by atoms with Gasteiger partial charge in [0.25, 0.3) is 0 Å². The number of nitriles is 1. The topological polar surface area (TPSA) is 58.8 Å². The van der Waals surface area contributed by atoms with Gasteiger partial charge in [-0.15, -0.1) is 23.1 Å². The summed E-state index contributed by atoms with van der Waals surface area (Å²) in [5, 5.41) is 11.7. The molecule has 0 saturated carbocycles. The molecule has 0 N–H and O–H groups in total. The lowest BCUT2D eigenvalue weighted by atomic mass is 9.78. The molecule has 1 fully saturated rings. The van der Waals surface area contributed by atoms with Crippen LogP contribution in [-0.4, -0.2) is 28.9 Å². The maximum absolute atomic E-state index is 9.47. The summed E-state index contributed by atoms with van der Waals surface area (Å²) in [6.45, 7) is 3.55. The first-order chi connectivity index (χ1) is 10.7. The molecular formula is C16H19N3OS2. The van der Waals surface area contributed by atoms with E-state index in [-0.39, 0.29) is 5.41 Å². The lowest BCUT2D eigenvalue weighted by Crippen LogP contribution is -2.28. The number of ether oxygens (including phenoxy) is 1. The van der Waals surface area contributed by atoms with Crippen molar-refractivity contribution in [1.82, 2.24) is 9.97 Å². The maximum Gasteiger partial charge on any atom is 0.128 e. The Morgan fingerprint density at radius 3 is 3.00 bits per heavy atom. The average Bonchev–Trinajstić information content (AvgIpc) is 2.93. The number of rotatable bonds is 5. The Bertz CT molecular complexity index is 686. The smallest absolute Gasteiger partial charge is 0.128 e. The zero-order valence-electron chi connectivity index (χ0n) is 12.7. The molecule has 0 spiro atoms. The third-order valence-electron chi connectivity index (χ3n) is 4.14. The fourth-order valence-corrected chi connectivity index (χ4v) is 4.66. The Morgan fingerprint density at radius 2 is 2.23 bits per heavy atom. The fraction of sp³-hybridized carbons (Fsp3) is 0.562. The van der Waals surface area contributed by atoms with Crippen molar-refractivity contribution in [3.8, 4) is 6.07 Å². The molecular weight excluding hydrogens is 314 g/mol. The zero-order chi connectivity index (χ0) is 15.4. The number of thiophene rings is 1. The van der Waals surface area contributed by atoms with Crippen molar-refractivity contribution in [3.05, 3.63) is 17.3 Å². The Labute approximate surface area is 138 Å². The first-order valence-corrected chi connectivity index (χ1v) is 9.36. The minimum Gasteiger partial charge on any atom is -0.381 e. The quantitative estimate of drug-likeness (QED) is 0.466. The molecule has 1 saturated heterocycles. The zero-order valence-corrected chi connectivity index (χ0v) is 14.3. The molecule has 3 heterocycles. The van der Waals surface area contributed by atoms with Gasteiger partial charge in [0.05, 0.1) is 11.5 Å². The fourth-order valence-electron chi connectivity index (χ4n) is 2.83. The van der Waals surface area contributed by atoms with Crippen molar-refractivity contribution < 1.29 is 4.74 Å². The largest absolute Gasteiger partial charge is 0.381 e. The van der Waals surface area contributed by atoms with Crippen molar-refractivity contribution in [3.63, 3.8) is 0 Å². The first kappa shape index (κ1) is 15.7. The van der Waals surface area contributed by atoms with E-state index < -0.39 is 0 Å². The van der Waals surface area contributed by atoms with Crippen LogP contribution in [0.5, 0.6) is 0 Å². The highest BCUT2D eigenvalue weighted by Crippen LogP contribution is 2.36. The Hall–Kier alpha value is -1.16. The summed E-state index contributed by atoms with van der Waals surface area (Å²) >= 11 is 3.49. The molecule has 4 nitrogen and oxygen atoms in total. The lowest BCUT2D eigenvalue weighted by Gasteiger charge is -2.30. The minimum absolute atomic E-state index is 0.168. The van der Waals surface area contributed by atoms with Crippen molar-refractivity contribution in [2.24, 2.45) is 5.41 Å². The molecule has 0 atom stereocenters. The van der Waals surface area contributed by atoms with Crippen molar-refractivity contribution in [1.29, 1.82) is 5.26 Å². The normalized spacial score (nSPS) is 17.5. The molecule has 116 valence electrons. The predicted molar refractivity (Wildman–Crippen MR) is 90.2 cm³/mol. The van der Waals surface area contributed by atoms with Crippen LogP contribution in [0.4, 0.5) is 0 Å². The monoisotopic (exact) mass is 333 g/mol. The highest BCUT2D eigenvalue weighted by molar-refractivity contribution is 7.99. The number of aryl methyl sites for hydroxylation is 1. The van der Waals surface area contributed by atoms with Gasteiger partial charge in [0.15, 0.2) is 0 Å². The second-order valence-corrected chi connectivity index (χ2v) is 8.03. The van der Waals surface area contributed by atoms with Crippen molar-refractivity contribution in [2.45, 2.75) is 37.6 Å². The molecule has 3 rings (SSSR count). The van der Waals surface area contributed by atoms with Crippen molar-refractivity contribution >= 4 is 33.3 Å². The Morgan fingerprint density at radius 1 is 1.41 bits per heavy atom. The molecule has 0 amide bonds. The molecule has 6 heteroatoms. The number of fused-ring (bicyclic) bond motifs is 1. The summed E-state index contributed by atoms with van der Waals surface area (Å²) in [6, 6.07) is 4.70. The SMILES string of the molecule is Cc1cc2c(SCCCC3(C#N)CCOCC3)ncnc2s1. The summed E-state index contributed by atoms with van der Waals surface area (Å²) in [5.41, 5.74) is -0.168. The van der Waals surface area contributed by atoms with E-state index in [1.807, 2.05) is 0 Å². The van der Waals surface area contributed by atoms with Crippen molar-refractivity contribution in [2.75, 3.05) is 19.0 Å². The third kappa shape index (κ3) is 3.43. The van der Waals surface area contributed by atoms with Gasteiger partial charge in [-0.1, -0.05) is 0 Å². The third-order valence-corrected chi connectivity index (χ3v) is 6.19. The van der Waals surface area contributed by atoms with E-state index in [1.54, 1.807) is 29.4 Å². The standard InChI is InChI=1S/C16H19N3OS2/c1-12-9-13-14(18-11-19-15(13)22-12)21-8-2-3-16(10-17)4-6-20-7-5-16/h9,11H,2-8H2,1H3. The Kier molecular flexibility index (Phi) is 4.97. The molecule has 2 aromatic heterocycles. The number of thioether (sulfide) groups is 1. The highest BCUT2D eigenvalue weighted by atomic mass is 32.2. The molecule has 2 aromatic rings. The molecule has 0 radical (unpaired) electrons. The summed E-state index contributed by atoms with van der Waals surface area (Å²) in [4.78, 5) is 11.1. The van der Waals surface area contributed by atoms with Gasteiger partial charge in [-0.25, -0.2) is 9.97 Å². The van der Waals surface area contributed by atoms with E-state index in [2.05, 4.69) is 29.0 Å². The van der Waals surface area contributed by atoms with Gasteiger partial charge in [-0.3, -0.25) is 0 Å². The van der Waals surface area contributed by atoms with E-state index >= 15 is 0 Å². The van der Waals surface area contributed by atoms with Gasteiger partial charge in [-0.2, -0.15) is 5.26 Å². The number of hydrogen-bond donors (Lipinski definition) is 0. The molecule has 0 aliphatic carbocycles. The number of aromatic nitrogens is 2. The number of nitrogens with zero attached hydrogens (tertiary/aromatic N) is 3. The van der Waals surface area contributed by atoms with E-state index in [0.29, 0.717) is 0 Å².